The SMILES string of the molecule is O=C(CCc1cnc[nH]1)OCc1ccccc1. The second-order valence-electron chi connectivity index (χ2n) is 3.72. The molecule has 2 aromatic rings. The molecule has 0 atom stereocenters. The van der Waals surface area contributed by atoms with Gasteiger partial charge in [-0.05, 0) is 12.0 Å². The summed E-state index contributed by atoms with van der Waals surface area (Å²) in [5.41, 5.74) is 1.95. The van der Waals surface area contributed by atoms with Gasteiger partial charge in [-0.2, -0.15) is 0 Å². The van der Waals surface area contributed by atoms with E-state index in [2.05, 4.69) is 9.97 Å². The lowest BCUT2D eigenvalue weighted by Gasteiger charge is -2.04. The number of H-pyrrole nitrogens is 1. The number of nitrogens with zero attached hydrogens (tertiary/aromatic N) is 1. The van der Waals surface area contributed by atoms with E-state index >= 15 is 0 Å². The highest BCUT2D eigenvalue weighted by Crippen LogP contribution is 2.03. The fourth-order valence-corrected chi connectivity index (χ4v) is 1.47. The van der Waals surface area contributed by atoms with Crippen LogP contribution < -0.4 is 0 Å². The van der Waals surface area contributed by atoms with Gasteiger partial charge < -0.3 is 9.72 Å². The number of esters is 1. The van der Waals surface area contributed by atoms with Crippen molar-refractivity contribution >= 4 is 5.97 Å². The maximum Gasteiger partial charge on any atom is 0.306 e. The fraction of sp³-hybridized carbons (Fsp3) is 0.231. The molecule has 0 fully saturated rings. The Hall–Kier alpha value is -2.10. The first kappa shape index (κ1) is 11.4. The van der Waals surface area contributed by atoms with Crippen molar-refractivity contribution in [2.24, 2.45) is 0 Å². The molecule has 0 aliphatic rings. The van der Waals surface area contributed by atoms with E-state index in [0.717, 1.165) is 11.3 Å². The summed E-state index contributed by atoms with van der Waals surface area (Å²) in [6.45, 7) is 0.336. The maximum absolute atomic E-state index is 11.5. The van der Waals surface area contributed by atoms with Gasteiger partial charge in [-0.15, -0.1) is 0 Å². The van der Waals surface area contributed by atoms with Gasteiger partial charge in [-0.25, -0.2) is 4.98 Å². The molecule has 4 heteroatoms. The van der Waals surface area contributed by atoms with Crippen LogP contribution in [0.4, 0.5) is 0 Å². The van der Waals surface area contributed by atoms with E-state index in [1.165, 1.54) is 0 Å². The third kappa shape index (κ3) is 3.75. The predicted octanol–water partition coefficient (Wildman–Crippen LogP) is 2.09. The first-order valence-corrected chi connectivity index (χ1v) is 5.51. The van der Waals surface area contributed by atoms with Crippen molar-refractivity contribution in [3.05, 3.63) is 54.1 Å². The highest BCUT2D eigenvalue weighted by Gasteiger charge is 2.04. The molecule has 0 saturated carbocycles. The molecule has 0 unspecified atom stereocenters. The van der Waals surface area contributed by atoms with Gasteiger partial charge in [0.15, 0.2) is 0 Å². The van der Waals surface area contributed by atoms with Crippen molar-refractivity contribution in [1.82, 2.24) is 9.97 Å². The van der Waals surface area contributed by atoms with Gasteiger partial charge in [-0.1, -0.05) is 30.3 Å². The molecule has 1 N–H and O–H groups in total. The molecular weight excluding hydrogens is 216 g/mol. The summed E-state index contributed by atoms with van der Waals surface area (Å²) in [7, 11) is 0. The smallest absolute Gasteiger partial charge is 0.306 e. The Bertz CT molecular complexity index is 452. The van der Waals surface area contributed by atoms with Crippen LogP contribution in [0.5, 0.6) is 0 Å². The first-order chi connectivity index (χ1) is 8.34. The third-order valence-electron chi connectivity index (χ3n) is 2.40. The van der Waals surface area contributed by atoms with Crippen molar-refractivity contribution in [2.75, 3.05) is 0 Å². The molecule has 0 spiro atoms. The number of aromatic amines is 1. The predicted molar refractivity (Wildman–Crippen MR) is 63.1 cm³/mol. The Kier molecular flexibility index (Phi) is 3.91. The number of benzene rings is 1. The Labute approximate surface area is 99.7 Å². The van der Waals surface area contributed by atoms with Gasteiger partial charge in [0.2, 0.25) is 0 Å². The minimum atomic E-state index is -0.191. The Morgan fingerprint density at radius 1 is 1.29 bits per heavy atom. The van der Waals surface area contributed by atoms with Crippen LogP contribution in [0.25, 0.3) is 0 Å². The quantitative estimate of drug-likeness (QED) is 0.800. The molecule has 2 rings (SSSR count). The van der Waals surface area contributed by atoms with Crippen molar-refractivity contribution in [1.29, 1.82) is 0 Å². The van der Waals surface area contributed by atoms with Crippen molar-refractivity contribution in [2.45, 2.75) is 19.4 Å². The number of ether oxygens (including phenoxy) is 1. The molecule has 0 bridgehead atoms. The summed E-state index contributed by atoms with van der Waals surface area (Å²) in [6, 6.07) is 9.65. The van der Waals surface area contributed by atoms with Crippen molar-refractivity contribution in [3.8, 4) is 0 Å². The summed E-state index contributed by atoms with van der Waals surface area (Å²) in [4.78, 5) is 18.3. The zero-order valence-electron chi connectivity index (χ0n) is 9.43. The minimum absolute atomic E-state index is 0.191. The normalized spacial score (nSPS) is 10.1. The van der Waals surface area contributed by atoms with E-state index in [-0.39, 0.29) is 5.97 Å². The molecule has 0 radical (unpaired) electrons. The van der Waals surface area contributed by atoms with E-state index < -0.39 is 0 Å². The van der Waals surface area contributed by atoms with Gasteiger partial charge in [0.05, 0.1) is 12.7 Å². The standard InChI is InChI=1S/C13H14N2O2/c16-13(7-6-12-8-14-10-15-12)17-9-11-4-2-1-3-5-11/h1-5,8,10H,6-7,9H2,(H,14,15). The number of aryl methyl sites for hydroxylation is 1. The topological polar surface area (TPSA) is 55.0 Å². The minimum Gasteiger partial charge on any atom is -0.461 e. The van der Waals surface area contributed by atoms with E-state index in [0.29, 0.717) is 19.4 Å². The third-order valence-corrected chi connectivity index (χ3v) is 2.40. The van der Waals surface area contributed by atoms with E-state index in [4.69, 9.17) is 4.74 Å². The Morgan fingerprint density at radius 3 is 2.82 bits per heavy atom. The lowest BCUT2D eigenvalue weighted by Crippen LogP contribution is -2.05. The molecule has 0 aliphatic carbocycles. The second kappa shape index (κ2) is 5.84. The van der Waals surface area contributed by atoms with E-state index in [1.54, 1.807) is 12.5 Å². The molecule has 1 aromatic heterocycles. The lowest BCUT2D eigenvalue weighted by atomic mass is 10.2. The zero-order chi connectivity index (χ0) is 11.9. The average Bonchev–Trinajstić information content (AvgIpc) is 2.88. The van der Waals surface area contributed by atoms with Gasteiger partial charge in [0.1, 0.15) is 6.61 Å². The number of hydrogen-bond acceptors (Lipinski definition) is 3. The number of nitrogens with one attached hydrogen (secondary N) is 1. The summed E-state index contributed by atoms with van der Waals surface area (Å²) >= 11 is 0. The highest BCUT2D eigenvalue weighted by molar-refractivity contribution is 5.69. The van der Waals surface area contributed by atoms with Crippen LogP contribution >= 0.6 is 0 Å². The molecule has 0 amide bonds. The van der Waals surface area contributed by atoms with Gasteiger partial charge in [-0.3, -0.25) is 4.79 Å². The van der Waals surface area contributed by atoms with Crippen LogP contribution in [-0.2, 0) is 22.6 Å². The summed E-state index contributed by atoms with van der Waals surface area (Å²) in [5, 5.41) is 0. The lowest BCUT2D eigenvalue weighted by molar-refractivity contribution is -0.144. The number of carbonyl (C=O) groups is 1. The summed E-state index contributed by atoms with van der Waals surface area (Å²) in [6.07, 6.45) is 4.32. The summed E-state index contributed by atoms with van der Waals surface area (Å²) in [5.74, 6) is -0.191. The zero-order valence-corrected chi connectivity index (χ0v) is 9.43. The molecule has 88 valence electrons. The van der Waals surface area contributed by atoms with Gasteiger partial charge >= 0.3 is 5.97 Å². The van der Waals surface area contributed by atoms with Crippen LogP contribution in [0.3, 0.4) is 0 Å². The van der Waals surface area contributed by atoms with Crippen LogP contribution in [0, 0.1) is 0 Å². The van der Waals surface area contributed by atoms with Crippen LogP contribution in [0.1, 0.15) is 17.7 Å². The Morgan fingerprint density at radius 2 is 2.12 bits per heavy atom. The number of rotatable bonds is 5. The molecule has 17 heavy (non-hydrogen) atoms. The van der Waals surface area contributed by atoms with Crippen LogP contribution in [0.2, 0.25) is 0 Å². The largest absolute Gasteiger partial charge is 0.461 e. The van der Waals surface area contributed by atoms with Gasteiger partial charge in [0.25, 0.3) is 0 Å². The monoisotopic (exact) mass is 230 g/mol. The molecule has 1 heterocycles. The molecule has 0 saturated heterocycles. The Balaban J connectivity index is 1.71. The van der Waals surface area contributed by atoms with E-state index in [1.807, 2.05) is 30.3 Å². The molecular formula is C13H14N2O2. The van der Waals surface area contributed by atoms with Crippen molar-refractivity contribution < 1.29 is 9.53 Å². The molecule has 4 nitrogen and oxygen atoms in total. The van der Waals surface area contributed by atoms with Crippen molar-refractivity contribution in [3.63, 3.8) is 0 Å². The molecule has 1 aromatic carbocycles. The first-order valence-electron chi connectivity index (χ1n) is 5.51. The number of aromatic nitrogens is 2. The maximum atomic E-state index is 11.5. The fourth-order valence-electron chi connectivity index (χ4n) is 1.47. The summed E-state index contributed by atoms with van der Waals surface area (Å²) < 4.78 is 5.15. The van der Waals surface area contributed by atoms with Crippen LogP contribution in [0.15, 0.2) is 42.9 Å². The van der Waals surface area contributed by atoms with Gasteiger partial charge in [0, 0.05) is 11.9 Å². The number of imidazole rings is 1. The molecule has 0 aliphatic heterocycles. The van der Waals surface area contributed by atoms with Crippen LogP contribution in [-0.4, -0.2) is 15.9 Å². The average molecular weight is 230 g/mol. The highest BCUT2D eigenvalue weighted by atomic mass is 16.5. The number of hydrogen-bond donors (Lipinski definition) is 1. The second-order valence-corrected chi connectivity index (χ2v) is 3.72. The number of carbonyl (C=O) groups excluding carboxylic acids is 1. The van der Waals surface area contributed by atoms with E-state index in [9.17, 15) is 4.79 Å².